The standard InChI is InChI=1S/C18H30N4O/c1-22(2)13-7-11-19-16-10-12-20-17(14-16)18(23)21-15-8-5-3-4-6-9-15/h10,12,14-15H,3-9,11,13H2,1-2H3,(H,19,20)(H,21,23). The minimum absolute atomic E-state index is 0.0474. The monoisotopic (exact) mass is 318 g/mol. The number of rotatable bonds is 7. The third kappa shape index (κ3) is 6.57. The van der Waals surface area contributed by atoms with Crippen molar-refractivity contribution < 1.29 is 4.79 Å². The molecule has 128 valence electrons. The van der Waals surface area contributed by atoms with Crippen molar-refractivity contribution in [3.05, 3.63) is 24.0 Å². The minimum Gasteiger partial charge on any atom is -0.385 e. The molecule has 0 saturated heterocycles. The largest absolute Gasteiger partial charge is 0.385 e. The van der Waals surface area contributed by atoms with E-state index in [-0.39, 0.29) is 5.91 Å². The molecule has 1 aliphatic rings. The summed E-state index contributed by atoms with van der Waals surface area (Å²) in [5.41, 5.74) is 1.47. The maximum absolute atomic E-state index is 12.4. The highest BCUT2D eigenvalue weighted by molar-refractivity contribution is 5.93. The Balaban J connectivity index is 1.84. The molecule has 1 saturated carbocycles. The lowest BCUT2D eigenvalue weighted by atomic mass is 10.1. The highest BCUT2D eigenvalue weighted by atomic mass is 16.1. The molecule has 1 heterocycles. The van der Waals surface area contributed by atoms with Crippen molar-refractivity contribution in [3.8, 4) is 0 Å². The molecule has 5 nitrogen and oxygen atoms in total. The number of pyridine rings is 1. The highest BCUT2D eigenvalue weighted by Gasteiger charge is 2.16. The second-order valence-corrected chi connectivity index (χ2v) is 6.68. The number of hydrogen-bond acceptors (Lipinski definition) is 4. The van der Waals surface area contributed by atoms with Gasteiger partial charge in [0.25, 0.3) is 5.91 Å². The average Bonchev–Trinajstić information content (AvgIpc) is 2.80. The first-order valence-corrected chi connectivity index (χ1v) is 8.80. The molecule has 0 unspecified atom stereocenters. The summed E-state index contributed by atoms with van der Waals surface area (Å²) in [6.45, 7) is 1.94. The van der Waals surface area contributed by atoms with Crippen LogP contribution in [-0.4, -0.2) is 49.0 Å². The van der Waals surface area contributed by atoms with Crippen molar-refractivity contribution in [3.63, 3.8) is 0 Å². The van der Waals surface area contributed by atoms with Gasteiger partial charge in [0.15, 0.2) is 0 Å². The molecule has 0 radical (unpaired) electrons. The van der Waals surface area contributed by atoms with Crippen molar-refractivity contribution in [2.75, 3.05) is 32.5 Å². The van der Waals surface area contributed by atoms with Crippen LogP contribution in [0.1, 0.15) is 55.4 Å². The maximum Gasteiger partial charge on any atom is 0.270 e. The molecule has 1 amide bonds. The first kappa shape index (κ1) is 17.7. The lowest BCUT2D eigenvalue weighted by Crippen LogP contribution is -2.34. The van der Waals surface area contributed by atoms with Gasteiger partial charge in [-0.2, -0.15) is 0 Å². The zero-order valence-corrected chi connectivity index (χ0v) is 14.5. The Hall–Kier alpha value is -1.62. The topological polar surface area (TPSA) is 57.3 Å². The zero-order valence-electron chi connectivity index (χ0n) is 14.5. The molecule has 0 bridgehead atoms. The molecule has 0 atom stereocenters. The van der Waals surface area contributed by atoms with E-state index in [0.717, 1.165) is 38.0 Å². The van der Waals surface area contributed by atoms with Crippen LogP contribution in [0.3, 0.4) is 0 Å². The molecule has 23 heavy (non-hydrogen) atoms. The normalized spacial score (nSPS) is 16.1. The summed E-state index contributed by atoms with van der Waals surface area (Å²) in [6.07, 6.45) is 9.96. The minimum atomic E-state index is -0.0474. The Morgan fingerprint density at radius 2 is 2.00 bits per heavy atom. The number of nitrogens with zero attached hydrogens (tertiary/aromatic N) is 2. The van der Waals surface area contributed by atoms with E-state index < -0.39 is 0 Å². The maximum atomic E-state index is 12.4. The fourth-order valence-corrected chi connectivity index (χ4v) is 2.98. The summed E-state index contributed by atoms with van der Waals surface area (Å²) in [6, 6.07) is 4.07. The third-order valence-corrected chi connectivity index (χ3v) is 4.29. The Morgan fingerprint density at radius 3 is 2.70 bits per heavy atom. The van der Waals surface area contributed by atoms with Crippen molar-refractivity contribution >= 4 is 11.6 Å². The van der Waals surface area contributed by atoms with Gasteiger partial charge in [0.2, 0.25) is 0 Å². The van der Waals surface area contributed by atoms with Crippen molar-refractivity contribution in [1.82, 2.24) is 15.2 Å². The van der Waals surface area contributed by atoms with Gasteiger partial charge < -0.3 is 15.5 Å². The van der Waals surface area contributed by atoms with Gasteiger partial charge >= 0.3 is 0 Å². The summed E-state index contributed by atoms with van der Waals surface area (Å²) in [4.78, 5) is 18.8. The van der Waals surface area contributed by atoms with Crippen LogP contribution >= 0.6 is 0 Å². The second-order valence-electron chi connectivity index (χ2n) is 6.68. The molecule has 1 fully saturated rings. The number of carbonyl (C=O) groups is 1. The molecule has 1 aromatic rings. The summed E-state index contributed by atoms with van der Waals surface area (Å²) in [5, 5.41) is 6.51. The van der Waals surface area contributed by atoms with Gasteiger partial charge in [-0.15, -0.1) is 0 Å². The van der Waals surface area contributed by atoms with E-state index in [0.29, 0.717) is 11.7 Å². The summed E-state index contributed by atoms with van der Waals surface area (Å²) in [5.74, 6) is -0.0474. The quantitative estimate of drug-likeness (QED) is 0.599. The van der Waals surface area contributed by atoms with Gasteiger partial charge in [-0.25, -0.2) is 0 Å². The van der Waals surface area contributed by atoms with E-state index in [4.69, 9.17) is 0 Å². The first-order valence-electron chi connectivity index (χ1n) is 8.80. The number of amides is 1. The lowest BCUT2D eigenvalue weighted by Gasteiger charge is -2.16. The third-order valence-electron chi connectivity index (χ3n) is 4.29. The van der Waals surface area contributed by atoms with E-state index in [2.05, 4.69) is 34.6 Å². The first-order chi connectivity index (χ1) is 11.1. The SMILES string of the molecule is CN(C)CCCNc1ccnc(C(=O)NC2CCCCCC2)c1. The Bertz CT molecular complexity index is 482. The molecule has 2 N–H and O–H groups in total. The number of carbonyl (C=O) groups excluding carboxylic acids is 1. The van der Waals surface area contributed by atoms with E-state index >= 15 is 0 Å². The van der Waals surface area contributed by atoms with E-state index in [9.17, 15) is 4.79 Å². The predicted octanol–water partition coefficient (Wildman–Crippen LogP) is 2.90. The fraction of sp³-hybridized carbons (Fsp3) is 0.667. The van der Waals surface area contributed by atoms with Gasteiger partial charge in [-0.05, 0) is 52.0 Å². The fourth-order valence-electron chi connectivity index (χ4n) is 2.98. The van der Waals surface area contributed by atoms with Gasteiger partial charge in [0.05, 0.1) is 0 Å². The molecule has 1 aliphatic carbocycles. The van der Waals surface area contributed by atoms with Gasteiger partial charge in [0.1, 0.15) is 5.69 Å². The van der Waals surface area contributed by atoms with E-state index in [1.807, 2.05) is 12.1 Å². The highest BCUT2D eigenvalue weighted by Crippen LogP contribution is 2.17. The number of hydrogen-bond donors (Lipinski definition) is 2. The van der Waals surface area contributed by atoms with Crippen molar-refractivity contribution in [2.45, 2.75) is 51.0 Å². The molecule has 0 aromatic carbocycles. The van der Waals surface area contributed by atoms with Gasteiger partial charge in [-0.1, -0.05) is 25.7 Å². The molecular weight excluding hydrogens is 288 g/mol. The average molecular weight is 318 g/mol. The Kier molecular flexibility index (Phi) is 7.33. The Morgan fingerprint density at radius 1 is 1.26 bits per heavy atom. The molecule has 5 heteroatoms. The Labute approximate surface area is 139 Å². The van der Waals surface area contributed by atoms with Gasteiger partial charge in [-0.3, -0.25) is 9.78 Å². The van der Waals surface area contributed by atoms with Crippen molar-refractivity contribution in [1.29, 1.82) is 0 Å². The summed E-state index contributed by atoms with van der Waals surface area (Å²) in [7, 11) is 4.14. The van der Waals surface area contributed by atoms with Crippen molar-refractivity contribution in [2.24, 2.45) is 0 Å². The van der Waals surface area contributed by atoms with E-state index in [1.165, 1.54) is 25.7 Å². The van der Waals surface area contributed by atoms with Crippen LogP contribution in [0.15, 0.2) is 18.3 Å². The summed E-state index contributed by atoms with van der Waals surface area (Å²) < 4.78 is 0. The van der Waals surface area contributed by atoms with Crippen LogP contribution in [0.5, 0.6) is 0 Å². The molecule has 2 rings (SSSR count). The molecule has 0 aliphatic heterocycles. The second kappa shape index (κ2) is 9.50. The smallest absolute Gasteiger partial charge is 0.270 e. The van der Waals surface area contributed by atoms with Crippen LogP contribution in [0.2, 0.25) is 0 Å². The predicted molar refractivity (Wildman–Crippen MR) is 94.9 cm³/mol. The zero-order chi connectivity index (χ0) is 16.5. The molecule has 0 spiro atoms. The van der Waals surface area contributed by atoms with Crippen LogP contribution in [-0.2, 0) is 0 Å². The molecular formula is C18H30N4O. The van der Waals surface area contributed by atoms with Crippen LogP contribution in [0, 0.1) is 0 Å². The van der Waals surface area contributed by atoms with Gasteiger partial charge in [0, 0.05) is 24.5 Å². The van der Waals surface area contributed by atoms with E-state index in [1.54, 1.807) is 6.20 Å². The summed E-state index contributed by atoms with van der Waals surface area (Å²) >= 11 is 0. The number of nitrogens with one attached hydrogen (secondary N) is 2. The van der Waals surface area contributed by atoms with Crippen LogP contribution in [0.25, 0.3) is 0 Å². The lowest BCUT2D eigenvalue weighted by molar-refractivity contribution is 0.0928. The van der Waals surface area contributed by atoms with Crippen LogP contribution < -0.4 is 10.6 Å². The number of anilines is 1. The molecule has 1 aromatic heterocycles. The van der Waals surface area contributed by atoms with Crippen LogP contribution in [0.4, 0.5) is 5.69 Å². The number of aromatic nitrogens is 1.